The zero-order valence-corrected chi connectivity index (χ0v) is 26.3. The fourth-order valence-electron chi connectivity index (χ4n) is 4.35. The van der Waals surface area contributed by atoms with Crippen LogP contribution >= 0.6 is 11.6 Å². The minimum Gasteiger partial charge on any atom is -0.495 e. The van der Waals surface area contributed by atoms with Crippen LogP contribution in [0.3, 0.4) is 0 Å². The molecule has 0 spiro atoms. The molecule has 0 aliphatic carbocycles. The van der Waals surface area contributed by atoms with Gasteiger partial charge in [0.05, 0.1) is 22.6 Å². The molecule has 14 heteroatoms. The molecule has 3 aromatic rings. The van der Waals surface area contributed by atoms with Gasteiger partial charge in [-0.3, -0.25) is 24.0 Å². The first kappa shape index (κ1) is 34.3. The van der Waals surface area contributed by atoms with E-state index in [1.54, 1.807) is 0 Å². The van der Waals surface area contributed by atoms with Gasteiger partial charge in [-0.05, 0) is 62.2 Å². The number of rotatable bonds is 14. The lowest BCUT2D eigenvalue weighted by Gasteiger charge is -2.32. The molecule has 3 rings (SSSR count). The molecule has 3 aromatic carbocycles. The van der Waals surface area contributed by atoms with E-state index in [1.165, 1.54) is 80.5 Å². The summed E-state index contributed by atoms with van der Waals surface area (Å²) in [5.41, 5.74) is 0.214. The molecule has 0 heterocycles. The molecular weight excluding hydrogens is 615 g/mol. The lowest BCUT2D eigenvalue weighted by Crippen LogP contribution is -2.51. The fourth-order valence-corrected chi connectivity index (χ4v) is 5.95. The molecule has 0 radical (unpaired) electrons. The highest BCUT2D eigenvalue weighted by Crippen LogP contribution is 2.36. The van der Waals surface area contributed by atoms with Crippen molar-refractivity contribution in [1.82, 2.24) is 10.2 Å². The minimum absolute atomic E-state index is 0.0582. The van der Waals surface area contributed by atoms with Gasteiger partial charge < -0.3 is 15.0 Å². The quantitative estimate of drug-likeness (QED) is 0.143. The lowest BCUT2D eigenvalue weighted by molar-refractivity contribution is -0.385. The summed E-state index contributed by atoms with van der Waals surface area (Å²) in [7, 11) is -3.35. The number of sulfonamides is 1. The van der Waals surface area contributed by atoms with Crippen LogP contribution in [0.4, 0.5) is 15.8 Å². The van der Waals surface area contributed by atoms with Gasteiger partial charge in [0, 0.05) is 29.7 Å². The number of ether oxygens (including phenoxy) is 1. The number of hydrogen-bond donors (Lipinski definition) is 1. The molecule has 2 amide bonds. The van der Waals surface area contributed by atoms with Gasteiger partial charge in [-0.1, -0.05) is 43.1 Å². The number of nitrogens with one attached hydrogen (secondary N) is 1. The number of aryl methyl sites for hydroxylation is 1. The van der Waals surface area contributed by atoms with Gasteiger partial charge in [-0.2, -0.15) is 0 Å². The third kappa shape index (κ3) is 8.23. The maximum atomic E-state index is 14.1. The summed E-state index contributed by atoms with van der Waals surface area (Å²) in [5.74, 6) is -1.67. The van der Waals surface area contributed by atoms with Crippen LogP contribution in [-0.2, 0) is 26.2 Å². The van der Waals surface area contributed by atoms with Crippen molar-refractivity contribution in [3.05, 3.63) is 92.7 Å². The molecule has 0 saturated heterocycles. The summed E-state index contributed by atoms with van der Waals surface area (Å²) < 4.78 is 48.0. The maximum absolute atomic E-state index is 14.1. The Morgan fingerprint density at radius 3 is 2.41 bits per heavy atom. The van der Waals surface area contributed by atoms with Crippen LogP contribution < -0.4 is 14.4 Å². The van der Waals surface area contributed by atoms with Gasteiger partial charge in [-0.25, -0.2) is 12.8 Å². The standard InChI is InChI=1S/C30H34ClFN4O7S/c1-5-6-15-33-30(38)21(3)34(18-22-8-11-24(32)12-9-22)29(37)19-35(27-16-23(31)10-14-28(27)43-4)44(41,42)25-13-7-20(2)26(17-25)36(39)40/h7-14,16-17,21H,5-6,15,18-19H2,1-4H3,(H,33,38)/t21-/m1/s1. The number of unbranched alkanes of at least 4 members (excludes halogenated alkanes) is 1. The van der Waals surface area contributed by atoms with Crippen LogP contribution in [0.25, 0.3) is 0 Å². The van der Waals surface area contributed by atoms with E-state index in [2.05, 4.69) is 5.32 Å². The summed E-state index contributed by atoms with van der Waals surface area (Å²) in [6, 6.07) is 11.9. The molecule has 0 fully saturated rings. The molecule has 0 aliphatic rings. The summed E-state index contributed by atoms with van der Waals surface area (Å²) >= 11 is 6.23. The van der Waals surface area contributed by atoms with E-state index in [1.807, 2.05) is 6.92 Å². The number of methoxy groups -OCH3 is 1. The summed E-state index contributed by atoms with van der Waals surface area (Å²) in [4.78, 5) is 38.8. The normalized spacial score (nSPS) is 11.9. The van der Waals surface area contributed by atoms with Gasteiger partial charge in [0.2, 0.25) is 11.8 Å². The van der Waals surface area contributed by atoms with E-state index in [0.29, 0.717) is 18.5 Å². The molecule has 236 valence electrons. The SMILES string of the molecule is CCCCNC(=O)[C@@H](C)N(Cc1ccc(F)cc1)C(=O)CN(c1cc(Cl)ccc1OC)S(=O)(=O)c1ccc(C)c([N+](=O)[O-])c1. The van der Waals surface area contributed by atoms with Crippen LogP contribution in [0.15, 0.2) is 65.6 Å². The molecule has 44 heavy (non-hydrogen) atoms. The number of nitro benzene ring substituents is 1. The van der Waals surface area contributed by atoms with Gasteiger partial charge in [0.1, 0.15) is 24.2 Å². The number of halogens is 2. The molecule has 0 unspecified atom stereocenters. The lowest BCUT2D eigenvalue weighted by atomic mass is 10.1. The van der Waals surface area contributed by atoms with E-state index in [0.717, 1.165) is 16.8 Å². The number of carbonyl (C=O) groups is 2. The number of nitro groups is 1. The van der Waals surface area contributed by atoms with Gasteiger partial charge in [0.15, 0.2) is 0 Å². The average molecular weight is 649 g/mol. The number of amides is 2. The Kier molecular flexibility index (Phi) is 11.7. The van der Waals surface area contributed by atoms with E-state index >= 15 is 0 Å². The fraction of sp³-hybridized carbons (Fsp3) is 0.333. The van der Waals surface area contributed by atoms with Crippen LogP contribution in [0.2, 0.25) is 5.02 Å². The van der Waals surface area contributed by atoms with Gasteiger partial charge in [-0.15, -0.1) is 0 Å². The van der Waals surface area contributed by atoms with Crippen molar-refractivity contribution in [3.63, 3.8) is 0 Å². The highest BCUT2D eigenvalue weighted by molar-refractivity contribution is 7.92. The first-order valence-corrected chi connectivity index (χ1v) is 15.5. The number of anilines is 1. The maximum Gasteiger partial charge on any atom is 0.273 e. The molecule has 0 aliphatic heterocycles. The minimum atomic E-state index is -4.65. The first-order chi connectivity index (χ1) is 20.8. The second kappa shape index (κ2) is 15.0. The Morgan fingerprint density at radius 1 is 1.11 bits per heavy atom. The molecular formula is C30H34ClFN4O7S. The smallest absolute Gasteiger partial charge is 0.273 e. The second-order valence-corrected chi connectivity index (χ2v) is 12.3. The second-order valence-electron chi connectivity index (χ2n) is 10.0. The highest BCUT2D eigenvalue weighted by atomic mass is 35.5. The third-order valence-corrected chi connectivity index (χ3v) is 8.91. The van der Waals surface area contributed by atoms with Crippen molar-refractivity contribution in [2.75, 3.05) is 24.5 Å². The molecule has 0 saturated carbocycles. The zero-order valence-electron chi connectivity index (χ0n) is 24.7. The van der Waals surface area contributed by atoms with Crippen molar-refractivity contribution in [1.29, 1.82) is 0 Å². The molecule has 0 bridgehead atoms. The Hall–Kier alpha value is -4.23. The van der Waals surface area contributed by atoms with Crippen LogP contribution in [0, 0.1) is 22.9 Å². The van der Waals surface area contributed by atoms with Crippen LogP contribution in [0.5, 0.6) is 5.75 Å². The van der Waals surface area contributed by atoms with Crippen molar-refractivity contribution in [2.45, 2.75) is 51.1 Å². The van der Waals surface area contributed by atoms with Gasteiger partial charge >= 0.3 is 0 Å². The highest BCUT2D eigenvalue weighted by Gasteiger charge is 2.35. The molecule has 11 nitrogen and oxygen atoms in total. The van der Waals surface area contributed by atoms with E-state index in [4.69, 9.17) is 16.3 Å². The molecule has 0 aromatic heterocycles. The van der Waals surface area contributed by atoms with Crippen molar-refractivity contribution in [3.8, 4) is 5.75 Å². The third-order valence-electron chi connectivity index (χ3n) is 6.92. The summed E-state index contributed by atoms with van der Waals surface area (Å²) in [6.45, 7) is 4.35. The number of carbonyl (C=O) groups excluding carboxylic acids is 2. The van der Waals surface area contributed by atoms with Crippen LogP contribution in [-0.4, -0.2) is 56.3 Å². The Morgan fingerprint density at radius 2 is 1.80 bits per heavy atom. The van der Waals surface area contributed by atoms with Gasteiger partial charge in [0.25, 0.3) is 15.7 Å². The molecule has 1 atom stereocenters. The largest absolute Gasteiger partial charge is 0.495 e. The van der Waals surface area contributed by atoms with Crippen molar-refractivity contribution in [2.24, 2.45) is 0 Å². The van der Waals surface area contributed by atoms with E-state index in [9.17, 15) is 32.5 Å². The number of benzene rings is 3. The monoisotopic (exact) mass is 648 g/mol. The number of hydrogen-bond acceptors (Lipinski definition) is 7. The van der Waals surface area contributed by atoms with Crippen molar-refractivity contribution < 1.29 is 32.1 Å². The van der Waals surface area contributed by atoms with Crippen molar-refractivity contribution >= 4 is 44.8 Å². The average Bonchev–Trinajstić information content (AvgIpc) is 2.99. The zero-order chi connectivity index (χ0) is 32.6. The summed E-state index contributed by atoms with van der Waals surface area (Å²) in [5, 5.41) is 14.5. The Bertz CT molecular complexity index is 1620. The topological polar surface area (TPSA) is 139 Å². The Balaban J connectivity index is 2.13. The van der Waals surface area contributed by atoms with E-state index < -0.39 is 55.7 Å². The number of nitrogens with zero attached hydrogens (tertiary/aromatic N) is 3. The first-order valence-electron chi connectivity index (χ1n) is 13.7. The predicted octanol–water partition coefficient (Wildman–Crippen LogP) is 5.23. The summed E-state index contributed by atoms with van der Waals surface area (Å²) in [6.07, 6.45) is 1.55. The molecule has 1 N–H and O–H groups in total. The Labute approximate surface area is 260 Å². The van der Waals surface area contributed by atoms with Crippen LogP contribution in [0.1, 0.15) is 37.8 Å². The predicted molar refractivity (Wildman–Crippen MR) is 165 cm³/mol. The van der Waals surface area contributed by atoms with E-state index in [-0.39, 0.29) is 28.6 Å².